The lowest BCUT2D eigenvalue weighted by Gasteiger charge is -2.10. The van der Waals surface area contributed by atoms with Gasteiger partial charge in [-0.3, -0.25) is 0 Å². The first-order valence-corrected chi connectivity index (χ1v) is 16.9. The zero-order valence-corrected chi connectivity index (χ0v) is 27.0. The van der Waals surface area contributed by atoms with Gasteiger partial charge in [0.2, 0.25) is 0 Å². The van der Waals surface area contributed by atoms with Gasteiger partial charge in [0.25, 0.3) is 0 Å². The molecule has 0 unspecified atom stereocenters. The highest BCUT2D eigenvalue weighted by Gasteiger charge is 2.17. The van der Waals surface area contributed by atoms with Crippen LogP contribution in [0.1, 0.15) is 0 Å². The van der Waals surface area contributed by atoms with Crippen molar-refractivity contribution in [1.82, 2.24) is 24.9 Å². The first-order chi connectivity index (χ1) is 24.3. The zero-order valence-electron chi connectivity index (χ0n) is 26.2. The Morgan fingerprint density at radius 2 is 0.796 bits per heavy atom. The quantitative estimate of drug-likeness (QED) is 0.180. The maximum Gasteiger partial charge on any atom is 0.164 e. The predicted octanol–water partition coefficient (Wildman–Crippen LogP) is 11.0. The van der Waals surface area contributed by atoms with E-state index in [0.29, 0.717) is 23.3 Å². The van der Waals surface area contributed by atoms with Crippen LogP contribution < -0.4 is 0 Å². The van der Waals surface area contributed by atoms with Gasteiger partial charge in [-0.25, -0.2) is 24.9 Å². The van der Waals surface area contributed by atoms with Gasteiger partial charge in [-0.05, 0) is 23.3 Å². The summed E-state index contributed by atoms with van der Waals surface area (Å²) in [5, 5.41) is 1.15. The number of thiophene rings is 1. The van der Waals surface area contributed by atoms with Crippen molar-refractivity contribution < 1.29 is 0 Å². The molecule has 0 saturated carbocycles. The molecule has 0 aliphatic rings. The summed E-state index contributed by atoms with van der Waals surface area (Å²) < 4.78 is 2.31. The van der Waals surface area contributed by atoms with E-state index in [1.807, 2.05) is 66.7 Å². The Bertz CT molecular complexity index is 2530. The fourth-order valence-corrected chi connectivity index (χ4v) is 7.25. The molecule has 0 N–H and O–H groups in total. The second kappa shape index (κ2) is 12.3. The lowest BCUT2D eigenvalue weighted by molar-refractivity contribution is 1.07. The minimum absolute atomic E-state index is 0.631. The molecule has 0 bridgehead atoms. The van der Waals surface area contributed by atoms with E-state index in [-0.39, 0.29) is 0 Å². The summed E-state index contributed by atoms with van der Waals surface area (Å²) in [7, 11) is 0. The Hall–Kier alpha value is -6.37. The summed E-state index contributed by atoms with van der Waals surface area (Å²) in [5.41, 5.74) is 8.96. The van der Waals surface area contributed by atoms with E-state index in [4.69, 9.17) is 24.9 Å². The van der Waals surface area contributed by atoms with Crippen LogP contribution >= 0.6 is 11.3 Å². The number of benzene rings is 6. The van der Waals surface area contributed by atoms with Crippen LogP contribution in [0.2, 0.25) is 0 Å². The van der Waals surface area contributed by atoms with Crippen molar-refractivity contribution in [2.45, 2.75) is 0 Å². The number of fused-ring (bicyclic) bond motifs is 3. The second-order valence-corrected chi connectivity index (χ2v) is 12.8. The third-order valence-electron chi connectivity index (χ3n) is 8.56. The Kier molecular flexibility index (Phi) is 7.26. The van der Waals surface area contributed by atoms with Crippen LogP contribution in [0, 0.1) is 0 Å². The van der Waals surface area contributed by atoms with Gasteiger partial charge in [0.1, 0.15) is 0 Å². The number of nitrogens with zero attached hydrogens (tertiary/aromatic N) is 5. The second-order valence-electron chi connectivity index (χ2n) is 11.7. The van der Waals surface area contributed by atoms with Gasteiger partial charge in [-0.15, -0.1) is 11.3 Å². The molecule has 9 rings (SSSR count). The molecule has 49 heavy (non-hydrogen) atoms. The molecule has 0 amide bonds. The molecule has 6 aromatic carbocycles. The van der Waals surface area contributed by atoms with Crippen LogP contribution in [0.25, 0.3) is 88.2 Å². The fourth-order valence-electron chi connectivity index (χ4n) is 6.10. The van der Waals surface area contributed by atoms with E-state index in [9.17, 15) is 0 Å². The Morgan fingerprint density at radius 3 is 1.43 bits per heavy atom. The minimum Gasteiger partial charge on any atom is -0.226 e. The summed E-state index contributed by atoms with van der Waals surface area (Å²) >= 11 is 1.75. The molecule has 0 saturated heterocycles. The van der Waals surface area contributed by atoms with E-state index in [2.05, 4.69) is 97.1 Å². The molecular weight excluding hydrogens is 619 g/mol. The first-order valence-electron chi connectivity index (χ1n) is 16.1. The third kappa shape index (κ3) is 5.54. The van der Waals surface area contributed by atoms with Gasteiger partial charge in [0.15, 0.2) is 23.3 Å². The topological polar surface area (TPSA) is 64.5 Å². The molecule has 0 aliphatic heterocycles. The monoisotopic (exact) mass is 645 g/mol. The molecule has 0 radical (unpaired) electrons. The normalized spacial score (nSPS) is 11.3. The van der Waals surface area contributed by atoms with Crippen LogP contribution in [-0.4, -0.2) is 24.9 Å². The van der Waals surface area contributed by atoms with Crippen molar-refractivity contribution in [3.63, 3.8) is 0 Å². The van der Waals surface area contributed by atoms with E-state index in [0.717, 1.165) is 60.2 Å². The van der Waals surface area contributed by atoms with Crippen LogP contribution in [0.3, 0.4) is 0 Å². The molecule has 5 nitrogen and oxygen atoms in total. The molecule has 6 heteroatoms. The van der Waals surface area contributed by atoms with Gasteiger partial charge in [0, 0.05) is 37.9 Å². The lowest BCUT2D eigenvalue weighted by Crippen LogP contribution is -2.00. The number of rotatable bonds is 6. The summed E-state index contributed by atoms with van der Waals surface area (Å²) in [4.78, 5) is 24.9. The van der Waals surface area contributed by atoms with Gasteiger partial charge < -0.3 is 0 Å². The molecule has 0 spiro atoms. The maximum atomic E-state index is 5.17. The highest BCUT2D eigenvalue weighted by atomic mass is 32.1. The molecule has 0 aliphatic carbocycles. The van der Waals surface area contributed by atoms with Gasteiger partial charge in [-0.1, -0.05) is 152 Å². The van der Waals surface area contributed by atoms with Crippen LogP contribution in [0.5, 0.6) is 0 Å². The summed E-state index contributed by atoms with van der Waals surface area (Å²) in [6.07, 6.45) is 0. The van der Waals surface area contributed by atoms with Crippen molar-refractivity contribution in [1.29, 1.82) is 0 Å². The molecule has 230 valence electrons. The Morgan fingerprint density at radius 1 is 0.327 bits per heavy atom. The van der Waals surface area contributed by atoms with Crippen molar-refractivity contribution in [3.05, 3.63) is 164 Å². The highest BCUT2D eigenvalue weighted by Crippen LogP contribution is 2.39. The molecule has 0 fully saturated rings. The van der Waals surface area contributed by atoms with Gasteiger partial charge in [-0.2, -0.15) is 0 Å². The molecule has 3 heterocycles. The first kappa shape index (κ1) is 28.8. The van der Waals surface area contributed by atoms with E-state index < -0.39 is 0 Å². The van der Waals surface area contributed by atoms with Gasteiger partial charge in [0.05, 0.1) is 15.9 Å². The highest BCUT2D eigenvalue weighted by molar-refractivity contribution is 7.26. The van der Waals surface area contributed by atoms with E-state index >= 15 is 0 Å². The number of hydrogen-bond acceptors (Lipinski definition) is 6. The maximum absolute atomic E-state index is 5.17. The molecular formula is C43H27N5S. The molecule has 0 atom stereocenters. The van der Waals surface area contributed by atoms with E-state index in [1.54, 1.807) is 11.3 Å². The third-order valence-corrected chi connectivity index (χ3v) is 9.73. The molecule has 9 aromatic rings. The van der Waals surface area contributed by atoms with Crippen molar-refractivity contribution in [2.24, 2.45) is 0 Å². The number of hydrogen-bond donors (Lipinski definition) is 0. The van der Waals surface area contributed by atoms with Crippen LogP contribution in [0.15, 0.2) is 164 Å². The smallest absolute Gasteiger partial charge is 0.164 e. The summed E-state index contributed by atoms with van der Waals surface area (Å²) in [6, 6.07) is 55.8. The standard InChI is InChI=1S/C43H27N5S/c1-4-13-29(14-5-1)37-39-38(35-21-10-11-22-36(35)49-39)45-43(44-37)34-20-12-19-33(27-34)28-23-25-32(26-24-28)42-47-40(30-15-6-2-7-16-30)46-41(48-42)31-17-8-3-9-18-31/h1-27H. The van der Waals surface area contributed by atoms with Crippen molar-refractivity contribution >= 4 is 31.6 Å². The molecule has 3 aromatic heterocycles. The van der Waals surface area contributed by atoms with E-state index in [1.165, 1.54) is 4.70 Å². The average Bonchev–Trinajstić information content (AvgIpc) is 3.57. The van der Waals surface area contributed by atoms with Crippen molar-refractivity contribution in [3.8, 4) is 67.9 Å². The Balaban J connectivity index is 1.11. The lowest BCUT2D eigenvalue weighted by atomic mass is 10.0. The van der Waals surface area contributed by atoms with Gasteiger partial charge >= 0.3 is 0 Å². The Labute approximate surface area is 287 Å². The largest absolute Gasteiger partial charge is 0.226 e. The SMILES string of the molecule is c1ccc(-c2nc(-c3ccccc3)nc(-c3ccc(-c4cccc(-c5nc(-c6ccccc6)c6sc7ccccc7c6n5)c4)cc3)n2)cc1. The minimum atomic E-state index is 0.631. The number of aromatic nitrogens is 5. The summed E-state index contributed by atoms with van der Waals surface area (Å²) in [6.45, 7) is 0. The van der Waals surface area contributed by atoms with Crippen molar-refractivity contribution in [2.75, 3.05) is 0 Å². The predicted molar refractivity (Wildman–Crippen MR) is 201 cm³/mol. The fraction of sp³-hybridized carbons (Fsp3) is 0. The average molecular weight is 646 g/mol. The van der Waals surface area contributed by atoms with Crippen LogP contribution in [0.4, 0.5) is 0 Å². The van der Waals surface area contributed by atoms with Crippen LogP contribution in [-0.2, 0) is 0 Å². The summed E-state index contributed by atoms with van der Waals surface area (Å²) in [5.74, 6) is 2.63. The zero-order chi connectivity index (χ0) is 32.6.